The van der Waals surface area contributed by atoms with E-state index in [1.165, 1.54) is 30.5 Å². The van der Waals surface area contributed by atoms with Gasteiger partial charge in [0.1, 0.15) is 0 Å². The second-order valence-electron chi connectivity index (χ2n) is 6.47. The van der Waals surface area contributed by atoms with Gasteiger partial charge >= 0.3 is 0 Å². The van der Waals surface area contributed by atoms with Crippen LogP contribution in [0.4, 0.5) is 5.69 Å². The lowest BCUT2D eigenvalue weighted by molar-refractivity contribution is 0.449. The van der Waals surface area contributed by atoms with Gasteiger partial charge in [0.05, 0.1) is 5.84 Å². The molecule has 1 aliphatic rings. The molecule has 0 saturated heterocycles. The molecule has 0 bridgehead atoms. The molecule has 0 atom stereocenters. The van der Waals surface area contributed by atoms with E-state index in [0.717, 1.165) is 25.9 Å². The van der Waals surface area contributed by atoms with Crippen LogP contribution in [0.25, 0.3) is 0 Å². The van der Waals surface area contributed by atoms with E-state index in [1.807, 2.05) is 0 Å². The van der Waals surface area contributed by atoms with Crippen molar-refractivity contribution in [2.24, 2.45) is 11.1 Å². The molecule has 1 aromatic carbocycles. The Morgan fingerprint density at radius 3 is 2.80 bits per heavy atom. The number of para-hydroxylation sites is 1. The zero-order valence-electron chi connectivity index (χ0n) is 12.8. The molecule has 0 amide bonds. The van der Waals surface area contributed by atoms with Crippen molar-refractivity contribution in [1.29, 1.82) is 5.41 Å². The van der Waals surface area contributed by atoms with Gasteiger partial charge in [0.15, 0.2) is 0 Å². The number of fused-ring (bicyclic) bond motifs is 1. The van der Waals surface area contributed by atoms with Crippen molar-refractivity contribution in [3.05, 3.63) is 29.8 Å². The molecule has 2 rings (SSSR count). The summed E-state index contributed by atoms with van der Waals surface area (Å²) in [4.78, 5) is 2.51. The fourth-order valence-corrected chi connectivity index (χ4v) is 2.85. The first-order chi connectivity index (χ1) is 9.50. The second kappa shape index (κ2) is 6.29. The molecule has 0 fully saturated rings. The number of nitrogens with one attached hydrogen (secondary N) is 1. The number of nitrogens with two attached hydrogens (primary N) is 1. The van der Waals surface area contributed by atoms with Crippen molar-refractivity contribution in [3.63, 3.8) is 0 Å². The van der Waals surface area contributed by atoms with Crippen molar-refractivity contribution in [2.75, 3.05) is 18.0 Å². The van der Waals surface area contributed by atoms with Crippen LogP contribution in [0.15, 0.2) is 24.3 Å². The maximum absolute atomic E-state index is 7.64. The van der Waals surface area contributed by atoms with Gasteiger partial charge in [0.2, 0.25) is 0 Å². The topological polar surface area (TPSA) is 53.1 Å². The summed E-state index contributed by atoms with van der Waals surface area (Å²) >= 11 is 0. The molecule has 3 heteroatoms. The second-order valence-corrected chi connectivity index (χ2v) is 6.47. The molecule has 0 aliphatic carbocycles. The first-order valence-electron chi connectivity index (χ1n) is 7.68. The van der Waals surface area contributed by atoms with E-state index in [4.69, 9.17) is 11.1 Å². The van der Waals surface area contributed by atoms with Crippen LogP contribution in [0.5, 0.6) is 0 Å². The molecule has 0 aromatic heterocycles. The molecule has 110 valence electrons. The summed E-state index contributed by atoms with van der Waals surface area (Å²) in [7, 11) is 0. The van der Waals surface area contributed by atoms with E-state index in [0.29, 0.717) is 5.84 Å². The summed E-state index contributed by atoms with van der Waals surface area (Å²) < 4.78 is 0. The Balaban J connectivity index is 1.98. The zero-order chi connectivity index (χ0) is 14.6. The number of hydrogen-bond acceptors (Lipinski definition) is 2. The fraction of sp³-hybridized carbons (Fsp3) is 0.588. The minimum Gasteiger partial charge on any atom is -0.387 e. The Labute approximate surface area is 122 Å². The monoisotopic (exact) mass is 273 g/mol. The predicted molar refractivity (Wildman–Crippen MR) is 86.5 cm³/mol. The highest BCUT2D eigenvalue weighted by Crippen LogP contribution is 2.28. The first-order valence-corrected chi connectivity index (χ1v) is 7.68. The van der Waals surface area contributed by atoms with Crippen molar-refractivity contribution >= 4 is 11.5 Å². The van der Waals surface area contributed by atoms with Crippen LogP contribution in [0.2, 0.25) is 0 Å². The molecule has 1 heterocycles. The van der Waals surface area contributed by atoms with Crippen molar-refractivity contribution in [2.45, 2.75) is 46.0 Å². The van der Waals surface area contributed by atoms with Gasteiger partial charge in [-0.3, -0.25) is 5.41 Å². The lowest BCUT2D eigenvalue weighted by atomic mass is 9.86. The number of amidine groups is 1. The third-order valence-electron chi connectivity index (χ3n) is 4.42. The highest BCUT2D eigenvalue weighted by Gasteiger charge is 2.22. The van der Waals surface area contributed by atoms with Crippen LogP contribution in [0.1, 0.15) is 45.1 Å². The maximum Gasteiger partial charge on any atom is 0.0963 e. The van der Waals surface area contributed by atoms with Gasteiger partial charge < -0.3 is 10.6 Å². The molecule has 1 aromatic rings. The van der Waals surface area contributed by atoms with E-state index >= 15 is 0 Å². The zero-order valence-corrected chi connectivity index (χ0v) is 12.8. The van der Waals surface area contributed by atoms with Gasteiger partial charge in [0.25, 0.3) is 0 Å². The highest BCUT2D eigenvalue weighted by molar-refractivity contribution is 5.82. The summed E-state index contributed by atoms with van der Waals surface area (Å²) in [6, 6.07) is 8.78. The molecule has 0 spiro atoms. The first kappa shape index (κ1) is 14.9. The average Bonchev–Trinajstić information content (AvgIpc) is 2.61. The number of nitrogens with zero attached hydrogens (tertiary/aromatic N) is 1. The van der Waals surface area contributed by atoms with Gasteiger partial charge in [-0.2, -0.15) is 0 Å². The van der Waals surface area contributed by atoms with Gasteiger partial charge in [0, 0.05) is 24.2 Å². The lowest BCUT2D eigenvalue weighted by Crippen LogP contribution is -2.32. The molecule has 3 N–H and O–H groups in total. The van der Waals surface area contributed by atoms with Crippen LogP contribution in [-0.2, 0) is 6.42 Å². The van der Waals surface area contributed by atoms with E-state index in [1.54, 1.807) is 0 Å². The van der Waals surface area contributed by atoms with Crippen LogP contribution < -0.4 is 10.6 Å². The van der Waals surface area contributed by atoms with Gasteiger partial charge in [-0.05, 0) is 43.7 Å². The third kappa shape index (κ3) is 3.53. The Hall–Kier alpha value is -1.51. The number of hydrogen-bond donors (Lipinski definition) is 2. The highest BCUT2D eigenvalue weighted by atomic mass is 15.1. The van der Waals surface area contributed by atoms with E-state index in [-0.39, 0.29) is 5.41 Å². The molecule has 20 heavy (non-hydrogen) atoms. The van der Waals surface area contributed by atoms with E-state index in [2.05, 4.69) is 43.0 Å². The summed E-state index contributed by atoms with van der Waals surface area (Å²) in [6.07, 6.45) is 5.81. The van der Waals surface area contributed by atoms with Crippen molar-refractivity contribution in [1.82, 2.24) is 0 Å². The SMILES string of the molecule is CC(C)(CCCN1CCCCc2ccccc21)C(=N)N. The quantitative estimate of drug-likeness (QED) is 0.636. The summed E-state index contributed by atoms with van der Waals surface area (Å²) in [5, 5.41) is 7.64. The number of benzene rings is 1. The van der Waals surface area contributed by atoms with E-state index in [9.17, 15) is 0 Å². The van der Waals surface area contributed by atoms with Crippen LogP contribution in [0.3, 0.4) is 0 Å². The van der Waals surface area contributed by atoms with Crippen LogP contribution in [0, 0.1) is 10.8 Å². The van der Waals surface area contributed by atoms with Crippen molar-refractivity contribution in [3.8, 4) is 0 Å². The fourth-order valence-electron chi connectivity index (χ4n) is 2.85. The minimum atomic E-state index is -0.175. The molecule has 3 nitrogen and oxygen atoms in total. The van der Waals surface area contributed by atoms with Gasteiger partial charge in [-0.25, -0.2) is 0 Å². The molecule has 1 aliphatic heterocycles. The van der Waals surface area contributed by atoms with Gasteiger partial charge in [-0.1, -0.05) is 32.0 Å². The number of anilines is 1. The van der Waals surface area contributed by atoms with Crippen LogP contribution in [-0.4, -0.2) is 18.9 Å². The Kier molecular flexibility index (Phi) is 4.69. The maximum atomic E-state index is 7.64. The number of rotatable bonds is 5. The van der Waals surface area contributed by atoms with E-state index < -0.39 is 0 Å². The normalized spacial score (nSPS) is 15.6. The molecule has 0 radical (unpaired) electrons. The smallest absolute Gasteiger partial charge is 0.0963 e. The summed E-state index contributed by atoms with van der Waals surface area (Å²) in [5.74, 6) is 0.300. The Bertz CT molecular complexity index is 465. The molecule has 0 saturated carbocycles. The molecule has 0 unspecified atom stereocenters. The molecular formula is C17H27N3. The summed E-state index contributed by atoms with van der Waals surface area (Å²) in [5.41, 5.74) is 8.38. The Morgan fingerprint density at radius 1 is 1.30 bits per heavy atom. The third-order valence-corrected chi connectivity index (χ3v) is 4.42. The Morgan fingerprint density at radius 2 is 2.05 bits per heavy atom. The lowest BCUT2D eigenvalue weighted by Gasteiger charge is -2.28. The summed E-state index contributed by atoms with van der Waals surface area (Å²) in [6.45, 7) is 6.34. The average molecular weight is 273 g/mol. The standard InChI is InChI=1S/C17H27N3/c1-17(2,16(18)19)11-7-13-20-12-6-5-9-14-8-3-4-10-15(14)20/h3-4,8,10H,5-7,9,11-13H2,1-2H3,(H3,18,19). The molecular weight excluding hydrogens is 246 g/mol. The predicted octanol–water partition coefficient (Wildman–Crippen LogP) is 3.57. The van der Waals surface area contributed by atoms with Gasteiger partial charge in [-0.15, -0.1) is 0 Å². The number of aryl methyl sites for hydroxylation is 1. The largest absolute Gasteiger partial charge is 0.387 e. The van der Waals surface area contributed by atoms with Crippen molar-refractivity contribution < 1.29 is 0 Å². The van der Waals surface area contributed by atoms with Crippen LogP contribution >= 0.6 is 0 Å². The minimum absolute atomic E-state index is 0.175.